The number of ketones is 2. The number of hydrogen-bond acceptors (Lipinski definition) is 6. The number of Topliss-reactive ketones (excluding diaryl/α,β-unsaturated/α-hetero) is 2. The average Bonchev–Trinajstić information content (AvgIpc) is 3.11. The second-order valence-electron chi connectivity index (χ2n) is 8.06. The van der Waals surface area contributed by atoms with E-state index in [1.54, 1.807) is 19.9 Å². The van der Waals surface area contributed by atoms with Gasteiger partial charge in [0.15, 0.2) is 12.4 Å². The number of rotatable bonds is 6. The summed E-state index contributed by atoms with van der Waals surface area (Å²) in [5.41, 5.74) is 4.07. The normalized spacial score (nSPS) is 14.9. The fourth-order valence-electron chi connectivity index (χ4n) is 4.22. The Kier molecular flexibility index (Phi) is 5.96. The van der Waals surface area contributed by atoms with Crippen LogP contribution in [0.3, 0.4) is 0 Å². The predicted molar refractivity (Wildman–Crippen MR) is 120 cm³/mol. The van der Waals surface area contributed by atoms with Gasteiger partial charge in [0.1, 0.15) is 6.10 Å². The van der Waals surface area contributed by atoms with Crippen molar-refractivity contribution < 1.29 is 28.7 Å². The lowest BCUT2D eigenvalue weighted by Crippen LogP contribution is -2.22. The summed E-state index contributed by atoms with van der Waals surface area (Å²) in [6, 6.07) is 14.0. The highest BCUT2D eigenvalue weighted by Crippen LogP contribution is 2.31. The molecule has 33 heavy (non-hydrogen) atoms. The van der Waals surface area contributed by atoms with Gasteiger partial charge >= 0.3 is 11.9 Å². The van der Waals surface area contributed by atoms with Crippen LogP contribution in [-0.4, -0.2) is 35.1 Å². The number of esters is 2. The molecule has 1 unspecified atom stereocenters. The first kappa shape index (κ1) is 22.2. The number of fused-ring (bicyclic) bond motifs is 1. The first-order valence-corrected chi connectivity index (χ1v) is 10.6. The van der Waals surface area contributed by atoms with Crippen LogP contribution < -0.4 is 0 Å². The fraction of sp³-hybridized carbons (Fsp3) is 0.231. The molecular weight excluding hydrogens is 422 g/mol. The van der Waals surface area contributed by atoms with E-state index in [4.69, 9.17) is 9.47 Å². The van der Waals surface area contributed by atoms with Crippen molar-refractivity contribution in [3.63, 3.8) is 0 Å². The Hall–Kier alpha value is -4.00. The lowest BCUT2D eigenvalue weighted by atomic mass is 9.93. The van der Waals surface area contributed by atoms with Gasteiger partial charge in [-0.2, -0.15) is 0 Å². The zero-order valence-electron chi connectivity index (χ0n) is 18.6. The minimum absolute atomic E-state index is 0.140. The Bertz CT molecular complexity index is 1270. The van der Waals surface area contributed by atoms with Crippen molar-refractivity contribution in [3.05, 3.63) is 93.3 Å². The summed E-state index contributed by atoms with van der Waals surface area (Å²) in [6.07, 6.45) is -0.00601. The molecule has 1 N–H and O–H groups in total. The maximum atomic E-state index is 12.6. The quantitative estimate of drug-likeness (QED) is 0.448. The third-order valence-corrected chi connectivity index (χ3v) is 5.79. The van der Waals surface area contributed by atoms with Gasteiger partial charge in [0.05, 0.1) is 16.8 Å². The third kappa shape index (κ3) is 4.35. The molecule has 4 rings (SSSR count). The Morgan fingerprint density at radius 3 is 2.48 bits per heavy atom. The van der Waals surface area contributed by atoms with Crippen LogP contribution in [0.1, 0.15) is 77.0 Å². The van der Waals surface area contributed by atoms with E-state index in [-0.39, 0.29) is 17.0 Å². The molecule has 0 amide bonds. The van der Waals surface area contributed by atoms with Gasteiger partial charge in [-0.1, -0.05) is 30.3 Å². The van der Waals surface area contributed by atoms with Crippen LogP contribution in [-0.2, 0) is 15.9 Å². The summed E-state index contributed by atoms with van der Waals surface area (Å²) in [7, 11) is 0. The molecule has 7 nitrogen and oxygen atoms in total. The summed E-state index contributed by atoms with van der Waals surface area (Å²) >= 11 is 0. The molecule has 0 saturated carbocycles. The molecule has 0 bridgehead atoms. The minimum atomic E-state index is -0.672. The molecule has 1 aromatic heterocycles. The van der Waals surface area contributed by atoms with Gasteiger partial charge in [0.25, 0.3) is 0 Å². The van der Waals surface area contributed by atoms with Gasteiger partial charge in [-0.3, -0.25) is 9.59 Å². The van der Waals surface area contributed by atoms with Crippen molar-refractivity contribution in [1.82, 2.24) is 4.98 Å². The van der Waals surface area contributed by atoms with Crippen molar-refractivity contribution in [3.8, 4) is 0 Å². The smallest absolute Gasteiger partial charge is 0.339 e. The summed E-state index contributed by atoms with van der Waals surface area (Å²) in [5.74, 6) is -1.69. The Labute approximate surface area is 190 Å². The van der Waals surface area contributed by atoms with E-state index in [1.165, 1.54) is 19.1 Å². The summed E-state index contributed by atoms with van der Waals surface area (Å²) in [5, 5.41) is 0. The average molecular weight is 445 g/mol. The third-order valence-electron chi connectivity index (χ3n) is 5.79. The van der Waals surface area contributed by atoms with Crippen molar-refractivity contribution in [1.29, 1.82) is 0 Å². The van der Waals surface area contributed by atoms with Crippen LogP contribution in [0.4, 0.5) is 0 Å². The van der Waals surface area contributed by atoms with Gasteiger partial charge in [0.2, 0.25) is 5.78 Å². The first-order valence-electron chi connectivity index (χ1n) is 10.6. The van der Waals surface area contributed by atoms with E-state index in [0.717, 1.165) is 5.56 Å². The van der Waals surface area contributed by atoms with Gasteiger partial charge in [-0.05, 0) is 55.7 Å². The lowest BCUT2D eigenvalue weighted by molar-refractivity contribution is 0.0251. The zero-order chi connectivity index (χ0) is 23.7. The molecule has 1 aliphatic rings. The number of aryl methyl sites for hydroxylation is 1. The minimum Gasteiger partial charge on any atom is -0.454 e. The molecule has 0 aliphatic carbocycles. The maximum absolute atomic E-state index is 12.6. The number of cyclic esters (lactones) is 1. The van der Waals surface area contributed by atoms with Crippen LogP contribution in [0.25, 0.3) is 0 Å². The van der Waals surface area contributed by atoms with Crippen molar-refractivity contribution in [2.45, 2.75) is 33.3 Å². The highest BCUT2D eigenvalue weighted by Gasteiger charge is 2.28. The number of carbonyl (C=O) groups is 4. The Morgan fingerprint density at radius 1 is 1.09 bits per heavy atom. The van der Waals surface area contributed by atoms with Crippen LogP contribution in [0.2, 0.25) is 0 Å². The largest absolute Gasteiger partial charge is 0.454 e. The summed E-state index contributed by atoms with van der Waals surface area (Å²) in [4.78, 5) is 52.3. The fourth-order valence-corrected chi connectivity index (χ4v) is 4.22. The number of carbonyl (C=O) groups excluding carboxylic acids is 4. The number of benzene rings is 2. The molecule has 0 spiro atoms. The van der Waals surface area contributed by atoms with E-state index in [9.17, 15) is 19.2 Å². The second kappa shape index (κ2) is 8.86. The molecule has 0 fully saturated rings. The topological polar surface area (TPSA) is 103 Å². The van der Waals surface area contributed by atoms with Crippen LogP contribution in [0.5, 0.6) is 0 Å². The Balaban J connectivity index is 1.48. The van der Waals surface area contributed by atoms with Crippen molar-refractivity contribution in [2.75, 3.05) is 6.61 Å². The highest BCUT2D eigenvalue weighted by atomic mass is 16.5. The summed E-state index contributed by atoms with van der Waals surface area (Å²) < 4.78 is 10.8. The first-order chi connectivity index (χ1) is 15.8. The van der Waals surface area contributed by atoms with Crippen LogP contribution >= 0.6 is 0 Å². The van der Waals surface area contributed by atoms with Crippen LogP contribution in [0.15, 0.2) is 48.5 Å². The lowest BCUT2D eigenvalue weighted by Gasteiger charge is -2.25. The molecule has 0 saturated heterocycles. The van der Waals surface area contributed by atoms with E-state index in [1.807, 2.05) is 30.3 Å². The molecule has 2 aromatic carbocycles. The number of aromatic amines is 1. The van der Waals surface area contributed by atoms with Gasteiger partial charge in [-0.15, -0.1) is 0 Å². The molecule has 1 atom stereocenters. The van der Waals surface area contributed by atoms with E-state index in [0.29, 0.717) is 34.4 Å². The molecule has 7 heteroatoms. The zero-order valence-corrected chi connectivity index (χ0v) is 18.6. The Morgan fingerprint density at radius 2 is 1.82 bits per heavy atom. The van der Waals surface area contributed by atoms with E-state index < -0.39 is 30.4 Å². The van der Waals surface area contributed by atoms with Gasteiger partial charge in [-0.25, -0.2) is 9.59 Å². The molecule has 3 aromatic rings. The number of H-pyrrole nitrogens is 1. The van der Waals surface area contributed by atoms with Crippen molar-refractivity contribution in [2.24, 2.45) is 0 Å². The second-order valence-corrected chi connectivity index (χ2v) is 8.06. The number of hydrogen-bond donors (Lipinski definition) is 1. The predicted octanol–water partition coefficient (Wildman–Crippen LogP) is 4.33. The number of nitrogens with one attached hydrogen (secondary N) is 1. The molecule has 168 valence electrons. The highest BCUT2D eigenvalue weighted by molar-refractivity contribution is 6.04. The molecular formula is C26H23NO6. The standard InChI is InChI=1S/C26H23NO6/c1-14-23(16(3)28)15(2)27-24(14)21(29)13-32-25(30)18-9-10-20-19(11-18)12-22(33-26(20)31)17-7-5-4-6-8-17/h4-11,22,27H,12-13H2,1-3H3. The number of aromatic nitrogens is 1. The molecule has 1 aliphatic heterocycles. The monoisotopic (exact) mass is 445 g/mol. The summed E-state index contributed by atoms with van der Waals surface area (Å²) in [6.45, 7) is 4.36. The van der Waals surface area contributed by atoms with E-state index in [2.05, 4.69) is 4.98 Å². The SMILES string of the molecule is CC(=O)c1c(C)[nH]c(C(=O)COC(=O)c2ccc3c(c2)CC(c2ccccc2)OC3=O)c1C. The molecule has 0 radical (unpaired) electrons. The van der Waals surface area contributed by atoms with Crippen molar-refractivity contribution >= 4 is 23.5 Å². The molecule has 2 heterocycles. The number of ether oxygens (including phenoxy) is 2. The van der Waals surface area contributed by atoms with Gasteiger partial charge in [0, 0.05) is 17.7 Å². The van der Waals surface area contributed by atoms with Gasteiger partial charge < -0.3 is 14.5 Å². The van der Waals surface area contributed by atoms with Crippen LogP contribution in [0, 0.1) is 13.8 Å². The maximum Gasteiger partial charge on any atom is 0.339 e. The van der Waals surface area contributed by atoms with E-state index >= 15 is 0 Å².